The van der Waals surface area contributed by atoms with E-state index in [4.69, 9.17) is 10.2 Å². The lowest BCUT2D eigenvalue weighted by atomic mass is 10.2. The fraction of sp³-hybridized carbons (Fsp3) is 0.455. The van der Waals surface area contributed by atoms with Gasteiger partial charge in [-0.3, -0.25) is 0 Å². The molecule has 1 atom stereocenters. The van der Waals surface area contributed by atoms with Gasteiger partial charge in [0.2, 0.25) is 5.89 Å². The minimum atomic E-state index is -0.231. The first-order chi connectivity index (χ1) is 8.20. The highest BCUT2D eigenvalue weighted by atomic mass is 32.1. The van der Waals surface area contributed by atoms with Crippen molar-refractivity contribution in [2.75, 3.05) is 5.32 Å². The average molecular weight is 252 g/mol. The quantitative estimate of drug-likeness (QED) is 0.854. The van der Waals surface area contributed by atoms with Crippen molar-refractivity contribution in [2.24, 2.45) is 5.73 Å². The van der Waals surface area contributed by atoms with E-state index in [0.717, 1.165) is 6.42 Å². The lowest BCUT2D eigenvalue weighted by molar-refractivity contribution is 0.472. The third-order valence-corrected chi connectivity index (χ3v) is 3.41. The van der Waals surface area contributed by atoms with Crippen LogP contribution in [0.5, 0.6) is 0 Å². The Morgan fingerprint density at radius 3 is 3.00 bits per heavy atom. The van der Waals surface area contributed by atoms with Gasteiger partial charge in [0.25, 0.3) is 0 Å². The van der Waals surface area contributed by atoms with Crippen molar-refractivity contribution < 1.29 is 4.42 Å². The van der Waals surface area contributed by atoms with Crippen LogP contribution in [0.2, 0.25) is 0 Å². The standard InChI is InChI=1S/C11H16N4OS/c1-3-8-4-5-17-9(8)6-13-11-15-14-10(16-11)7(2)12/h4-5,7H,3,6,12H2,1-2H3,(H,13,15). The van der Waals surface area contributed by atoms with Crippen molar-refractivity contribution in [3.63, 3.8) is 0 Å². The van der Waals surface area contributed by atoms with Crippen LogP contribution in [0.15, 0.2) is 15.9 Å². The maximum Gasteiger partial charge on any atom is 0.315 e. The van der Waals surface area contributed by atoms with E-state index in [0.29, 0.717) is 18.5 Å². The fourth-order valence-electron chi connectivity index (χ4n) is 1.48. The minimum absolute atomic E-state index is 0.231. The first-order valence-electron chi connectivity index (χ1n) is 5.58. The van der Waals surface area contributed by atoms with E-state index < -0.39 is 0 Å². The molecule has 2 aromatic heterocycles. The highest BCUT2D eigenvalue weighted by Crippen LogP contribution is 2.19. The van der Waals surface area contributed by atoms with E-state index >= 15 is 0 Å². The summed E-state index contributed by atoms with van der Waals surface area (Å²) in [6.07, 6.45) is 1.04. The van der Waals surface area contributed by atoms with E-state index in [9.17, 15) is 0 Å². The number of rotatable bonds is 5. The van der Waals surface area contributed by atoms with Gasteiger partial charge in [0, 0.05) is 4.88 Å². The molecule has 0 aliphatic carbocycles. The van der Waals surface area contributed by atoms with E-state index in [1.165, 1.54) is 10.4 Å². The molecule has 0 aliphatic rings. The number of hydrogen-bond acceptors (Lipinski definition) is 6. The summed E-state index contributed by atoms with van der Waals surface area (Å²) in [7, 11) is 0. The maximum atomic E-state index is 5.64. The Kier molecular flexibility index (Phi) is 3.75. The Balaban J connectivity index is 1.97. The average Bonchev–Trinajstić information content (AvgIpc) is 2.95. The summed E-state index contributed by atoms with van der Waals surface area (Å²) >= 11 is 1.73. The van der Waals surface area contributed by atoms with Crippen LogP contribution in [-0.4, -0.2) is 10.2 Å². The molecule has 0 aromatic carbocycles. The summed E-state index contributed by atoms with van der Waals surface area (Å²) in [5, 5.41) is 13.0. The van der Waals surface area contributed by atoms with Crippen LogP contribution in [0.25, 0.3) is 0 Å². The van der Waals surface area contributed by atoms with Crippen molar-refractivity contribution in [3.05, 3.63) is 27.8 Å². The molecule has 0 bridgehead atoms. The highest BCUT2D eigenvalue weighted by molar-refractivity contribution is 7.10. The lowest BCUT2D eigenvalue weighted by Gasteiger charge is -2.01. The van der Waals surface area contributed by atoms with Crippen LogP contribution in [-0.2, 0) is 13.0 Å². The van der Waals surface area contributed by atoms with Crippen molar-refractivity contribution in [1.29, 1.82) is 0 Å². The number of anilines is 1. The largest absolute Gasteiger partial charge is 0.406 e. The maximum absolute atomic E-state index is 5.64. The summed E-state index contributed by atoms with van der Waals surface area (Å²) in [6, 6.07) is 2.34. The Hall–Kier alpha value is -1.40. The molecule has 6 heteroatoms. The van der Waals surface area contributed by atoms with Crippen molar-refractivity contribution in [2.45, 2.75) is 32.9 Å². The molecule has 2 aromatic rings. The van der Waals surface area contributed by atoms with Gasteiger partial charge in [-0.05, 0) is 30.4 Å². The topological polar surface area (TPSA) is 77.0 Å². The normalized spacial score (nSPS) is 12.6. The molecule has 1 unspecified atom stereocenters. The molecular formula is C11H16N4OS. The number of hydrogen-bond donors (Lipinski definition) is 2. The first-order valence-corrected chi connectivity index (χ1v) is 6.46. The third-order valence-electron chi connectivity index (χ3n) is 2.45. The Morgan fingerprint density at radius 2 is 2.35 bits per heavy atom. The predicted octanol–water partition coefficient (Wildman–Crippen LogP) is 2.33. The Morgan fingerprint density at radius 1 is 1.53 bits per heavy atom. The van der Waals surface area contributed by atoms with Gasteiger partial charge in [0.15, 0.2) is 0 Å². The molecule has 17 heavy (non-hydrogen) atoms. The predicted molar refractivity (Wildman–Crippen MR) is 67.9 cm³/mol. The number of aromatic nitrogens is 2. The van der Waals surface area contributed by atoms with E-state index in [2.05, 4.69) is 33.9 Å². The SMILES string of the molecule is CCc1ccsc1CNc1nnc(C(C)N)o1. The summed E-state index contributed by atoms with van der Waals surface area (Å²) in [6.45, 7) is 4.67. The molecule has 0 spiro atoms. The Labute approximate surface area is 104 Å². The molecule has 5 nitrogen and oxygen atoms in total. The molecule has 0 aliphatic heterocycles. The minimum Gasteiger partial charge on any atom is -0.406 e. The molecule has 92 valence electrons. The van der Waals surface area contributed by atoms with Crippen LogP contribution in [0.4, 0.5) is 6.01 Å². The van der Waals surface area contributed by atoms with Gasteiger partial charge in [-0.2, -0.15) is 0 Å². The van der Waals surface area contributed by atoms with Gasteiger partial charge < -0.3 is 15.5 Å². The monoisotopic (exact) mass is 252 g/mol. The van der Waals surface area contributed by atoms with E-state index in [-0.39, 0.29) is 6.04 Å². The number of thiophene rings is 1. The second-order valence-electron chi connectivity index (χ2n) is 3.81. The van der Waals surface area contributed by atoms with Gasteiger partial charge in [-0.1, -0.05) is 12.0 Å². The van der Waals surface area contributed by atoms with E-state index in [1.807, 2.05) is 6.92 Å². The molecule has 0 saturated carbocycles. The zero-order chi connectivity index (χ0) is 12.3. The molecule has 0 radical (unpaired) electrons. The smallest absolute Gasteiger partial charge is 0.315 e. The van der Waals surface area contributed by atoms with Crippen LogP contribution in [0, 0.1) is 0 Å². The molecule has 3 N–H and O–H groups in total. The summed E-state index contributed by atoms with van der Waals surface area (Å²) < 4.78 is 5.36. The molecule has 0 fully saturated rings. The zero-order valence-electron chi connectivity index (χ0n) is 9.93. The second kappa shape index (κ2) is 5.29. The third kappa shape index (κ3) is 2.83. The number of nitrogens with one attached hydrogen (secondary N) is 1. The number of nitrogens with two attached hydrogens (primary N) is 1. The number of nitrogens with zero attached hydrogens (tertiary/aromatic N) is 2. The molecular weight excluding hydrogens is 236 g/mol. The molecule has 2 heterocycles. The summed E-state index contributed by atoms with van der Waals surface area (Å²) in [4.78, 5) is 1.30. The van der Waals surface area contributed by atoms with Gasteiger partial charge in [-0.15, -0.1) is 16.4 Å². The fourth-order valence-corrected chi connectivity index (χ4v) is 2.40. The van der Waals surface area contributed by atoms with Crippen LogP contribution in [0.1, 0.15) is 36.2 Å². The van der Waals surface area contributed by atoms with Crippen molar-refractivity contribution in [3.8, 4) is 0 Å². The molecule has 2 rings (SSSR count). The molecule has 0 amide bonds. The lowest BCUT2D eigenvalue weighted by Crippen LogP contribution is -2.04. The zero-order valence-corrected chi connectivity index (χ0v) is 10.8. The van der Waals surface area contributed by atoms with Crippen molar-refractivity contribution in [1.82, 2.24) is 10.2 Å². The van der Waals surface area contributed by atoms with Gasteiger partial charge in [0.1, 0.15) is 0 Å². The highest BCUT2D eigenvalue weighted by Gasteiger charge is 2.10. The summed E-state index contributed by atoms with van der Waals surface area (Å²) in [5.74, 6) is 0.453. The van der Waals surface area contributed by atoms with Crippen LogP contribution >= 0.6 is 11.3 Å². The van der Waals surface area contributed by atoms with Crippen molar-refractivity contribution >= 4 is 17.4 Å². The number of aryl methyl sites for hydroxylation is 1. The molecule has 0 saturated heterocycles. The second-order valence-corrected chi connectivity index (χ2v) is 4.81. The van der Waals surface area contributed by atoms with Crippen LogP contribution < -0.4 is 11.1 Å². The van der Waals surface area contributed by atoms with E-state index in [1.54, 1.807) is 11.3 Å². The first kappa shape index (κ1) is 12.1. The Bertz CT molecular complexity index is 477. The van der Waals surface area contributed by atoms with Gasteiger partial charge >= 0.3 is 6.01 Å². The van der Waals surface area contributed by atoms with Gasteiger partial charge in [-0.25, -0.2) is 0 Å². The van der Waals surface area contributed by atoms with Crippen LogP contribution in [0.3, 0.4) is 0 Å². The van der Waals surface area contributed by atoms with Gasteiger partial charge in [0.05, 0.1) is 12.6 Å². The summed E-state index contributed by atoms with van der Waals surface area (Å²) in [5.41, 5.74) is 7.00.